The molecular formula is C15H17N. The number of para-hydroxylation sites is 1. The van der Waals surface area contributed by atoms with Crippen LogP contribution >= 0.6 is 0 Å². The van der Waals surface area contributed by atoms with Crippen LogP contribution in [0, 0.1) is 20.8 Å². The van der Waals surface area contributed by atoms with Crippen LogP contribution in [0.3, 0.4) is 0 Å². The first kappa shape index (κ1) is 10.7. The van der Waals surface area contributed by atoms with Crippen LogP contribution in [0.15, 0.2) is 42.5 Å². The van der Waals surface area contributed by atoms with Crippen molar-refractivity contribution in [1.82, 2.24) is 0 Å². The van der Waals surface area contributed by atoms with E-state index in [1.165, 1.54) is 22.4 Å². The van der Waals surface area contributed by atoms with Crippen LogP contribution in [0.5, 0.6) is 0 Å². The van der Waals surface area contributed by atoms with E-state index in [1.807, 2.05) is 18.2 Å². The summed E-state index contributed by atoms with van der Waals surface area (Å²) in [7, 11) is 0. The van der Waals surface area contributed by atoms with Gasteiger partial charge in [-0.25, -0.2) is 0 Å². The van der Waals surface area contributed by atoms with Gasteiger partial charge in [-0.15, -0.1) is 0 Å². The van der Waals surface area contributed by atoms with Gasteiger partial charge in [-0.1, -0.05) is 24.3 Å². The number of rotatable bonds is 2. The molecule has 0 aliphatic rings. The topological polar surface area (TPSA) is 12.0 Å². The Morgan fingerprint density at radius 3 is 2.12 bits per heavy atom. The van der Waals surface area contributed by atoms with Gasteiger partial charge in [0.1, 0.15) is 0 Å². The van der Waals surface area contributed by atoms with E-state index < -0.39 is 0 Å². The molecule has 1 nitrogen and oxygen atoms in total. The molecular weight excluding hydrogens is 194 g/mol. The smallest absolute Gasteiger partial charge is 0.0416 e. The highest BCUT2D eigenvalue weighted by Crippen LogP contribution is 2.24. The minimum atomic E-state index is 1.13. The zero-order chi connectivity index (χ0) is 11.5. The maximum Gasteiger partial charge on any atom is 0.0416 e. The molecule has 0 amide bonds. The molecule has 0 radical (unpaired) electrons. The second-order valence-corrected chi connectivity index (χ2v) is 4.17. The van der Waals surface area contributed by atoms with Crippen molar-refractivity contribution in [3.8, 4) is 0 Å². The Labute approximate surface area is 97.1 Å². The Hall–Kier alpha value is -1.76. The average molecular weight is 211 g/mol. The number of anilines is 2. The van der Waals surface area contributed by atoms with Crippen molar-refractivity contribution in [1.29, 1.82) is 0 Å². The highest BCUT2D eigenvalue weighted by molar-refractivity contribution is 5.65. The summed E-state index contributed by atoms with van der Waals surface area (Å²) < 4.78 is 0. The minimum Gasteiger partial charge on any atom is -0.355 e. The number of hydrogen-bond donors (Lipinski definition) is 1. The maximum atomic E-state index is 3.44. The molecule has 0 heterocycles. The van der Waals surface area contributed by atoms with Gasteiger partial charge in [-0.2, -0.15) is 0 Å². The van der Waals surface area contributed by atoms with Crippen molar-refractivity contribution in [3.05, 3.63) is 59.2 Å². The van der Waals surface area contributed by atoms with Crippen LogP contribution in [0.25, 0.3) is 0 Å². The largest absolute Gasteiger partial charge is 0.355 e. The number of aryl methyl sites for hydroxylation is 1. The van der Waals surface area contributed by atoms with Crippen molar-refractivity contribution in [2.24, 2.45) is 0 Å². The Kier molecular flexibility index (Phi) is 2.95. The highest BCUT2D eigenvalue weighted by atomic mass is 14.9. The molecule has 2 aromatic carbocycles. The summed E-state index contributed by atoms with van der Waals surface area (Å²) in [6, 6.07) is 14.6. The Bertz CT molecular complexity index is 486. The molecule has 2 rings (SSSR count). The van der Waals surface area contributed by atoms with Gasteiger partial charge in [0.25, 0.3) is 0 Å². The molecule has 0 saturated heterocycles. The first-order valence-corrected chi connectivity index (χ1v) is 5.57. The van der Waals surface area contributed by atoms with E-state index in [9.17, 15) is 0 Å². The molecule has 0 fully saturated rings. The van der Waals surface area contributed by atoms with Crippen LogP contribution in [0.1, 0.15) is 16.7 Å². The standard InChI is InChI=1S/C15H17N/c1-11-9-10-15(13(3)12(11)2)16-14-7-5-4-6-8-14/h4-10,16H,1-3H3. The molecule has 1 heteroatoms. The van der Waals surface area contributed by atoms with Crippen LogP contribution in [0.2, 0.25) is 0 Å². The van der Waals surface area contributed by atoms with Crippen LogP contribution < -0.4 is 5.32 Å². The summed E-state index contributed by atoms with van der Waals surface area (Å²) in [6.45, 7) is 6.48. The predicted octanol–water partition coefficient (Wildman–Crippen LogP) is 4.36. The normalized spacial score (nSPS) is 10.2. The molecule has 2 aromatic rings. The van der Waals surface area contributed by atoms with Crippen LogP contribution in [-0.2, 0) is 0 Å². The first-order chi connectivity index (χ1) is 7.68. The van der Waals surface area contributed by atoms with Crippen LogP contribution in [-0.4, -0.2) is 0 Å². The Balaban J connectivity index is 2.33. The third-order valence-corrected chi connectivity index (χ3v) is 3.11. The molecule has 0 spiro atoms. The summed E-state index contributed by atoms with van der Waals surface area (Å²) in [4.78, 5) is 0. The zero-order valence-electron chi connectivity index (χ0n) is 10.0. The second kappa shape index (κ2) is 4.40. The van der Waals surface area contributed by atoms with Gasteiger partial charge in [0.2, 0.25) is 0 Å². The van der Waals surface area contributed by atoms with E-state index in [0.717, 1.165) is 5.69 Å². The monoisotopic (exact) mass is 211 g/mol. The van der Waals surface area contributed by atoms with Gasteiger partial charge in [-0.3, -0.25) is 0 Å². The highest BCUT2D eigenvalue weighted by Gasteiger charge is 2.03. The molecule has 16 heavy (non-hydrogen) atoms. The van der Waals surface area contributed by atoms with Crippen molar-refractivity contribution in [2.75, 3.05) is 5.32 Å². The Morgan fingerprint density at radius 1 is 0.750 bits per heavy atom. The fourth-order valence-corrected chi connectivity index (χ4v) is 1.77. The third-order valence-electron chi connectivity index (χ3n) is 3.11. The summed E-state index contributed by atoms with van der Waals surface area (Å²) in [5.74, 6) is 0. The van der Waals surface area contributed by atoms with Crippen molar-refractivity contribution in [3.63, 3.8) is 0 Å². The van der Waals surface area contributed by atoms with E-state index in [2.05, 4.69) is 50.4 Å². The van der Waals surface area contributed by atoms with Crippen LogP contribution in [0.4, 0.5) is 11.4 Å². The lowest BCUT2D eigenvalue weighted by atomic mass is 10.0. The van der Waals surface area contributed by atoms with E-state index in [1.54, 1.807) is 0 Å². The number of benzene rings is 2. The van der Waals surface area contributed by atoms with Crippen molar-refractivity contribution >= 4 is 11.4 Å². The molecule has 0 bridgehead atoms. The molecule has 0 aromatic heterocycles. The van der Waals surface area contributed by atoms with E-state index in [-0.39, 0.29) is 0 Å². The lowest BCUT2D eigenvalue weighted by Crippen LogP contribution is -1.96. The molecule has 0 unspecified atom stereocenters. The lowest BCUT2D eigenvalue weighted by Gasteiger charge is -2.13. The minimum absolute atomic E-state index is 1.13. The van der Waals surface area contributed by atoms with E-state index in [0.29, 0.717) is 0 Å². The summed E-state index contributed by atoms with van der Waals surface area (Å²) in [6.07, 6.45) is 0. The number of hydrogen-bond acceptors (Lipinski definition) is 1. The van der Waals surface area contributed by atoms with Gasteiger partial charge in [0, 0.05) is 11.4 Å². The molecule has 1 N–H and O–H groups in total. The Morgan fingerprint density at radius 2 is 1.44 bits per heavy atom. The van der Waals surface area contributed by atoms with Crippen molar-refractivity contribution in [2.45, 2.75) is 20.8 Å². The van der Waals surface area contributed by atoms with Crippen molar-refractivity contribution < 1.29 is 0 Å². The number of nitrogens with one attached hydrogen (secondary N) is 1. The van der Waals surface area contributed by atoms with E-state index >= 15 is 0 Å². The SMILES string of the molecule is Cc1ccc(Nc2ccccc2)c(C)c1C. The summed E-state index contributed by atoms with van der Waals surface area (Å²) >= 11 is 0. The second-order valence-electron chi connectivity index (χ2n) is 4.17. The molecule has 0 atom stereocenters. The average Bonchev–Trinajstić information content (AvgIpc) is 2.31. The lowest BCUT2D eigenvalue weighted by molar-refractivity contribution is 1.26. The van der Waals surface area contributed by atoms with Gasteiger partial charge >= 0.3 is 0 Å². The van der Waals surface area contributed by atoms with Gasteiger partial charge < -0.3 is 5.32 Å². The van der Waals surface area contributed by atoms with E-state index in [4.69, 9.17) is 0 Å². The third kappa shape index (κ3) is 2.08. The van der Waals surface area contributed by atoms with Gasteiger partial charge in [-0.05, 0) is 55.7 Å². The summed E-state index contributed by atoms with van der Waals surface area (Å²) in [5.41, 5.74) is 6.35. The molecule has 0 aliphatic heterocycles. The molecule has 82 valence electrons. The quantitative estimate of drug-likeness (QED) is 0.778. The summed E-state index contributed by atoms with van der Waals surface area (Å²) in [5, 5.41) is 3.44. The first-order valence-electron chi connectivity index (χ1n) is 5.57. The maximum absolute atomic E-state index is 3.44. The van der Waals surface area contributed by atoms with Gasteiger partial charge in [0.15, 0.2) is 0 Å². The van der Waals surface area contributed by atoms with Gasteiger partial charge in [0.05, 0.1) is 0 Å². The fraction of sp³-hybridized carbons (Fsp3) is 0.200. The fourth-order valence-electron chi connectivity index (χ4n) is 1.77. The predicted molar refractivity (Wildman–Crippen MR) is 70.4 cm³/mol. The molecule has 0 aliphatic carbocycles. The molecule has 0 saturated carbocycles. The zero-order valence-corrected chi connectivity index (χ0v) is 10.0.